The smallest absolute Gasteiger partial charge is 0.328 e. The third-order valence-corrected chi connectivity index (χ3v) is 3.81. The van der Waals surface area contributed by atoms with Gasteiger partial charge in [-0.05, 0) is 47.5 Å². The van der Waals surface area contributed by atoms with Crippen LogP contribution in [0.2, 0.25) is 0 Å². The summed E-state index contributed by atoms with van der Waals surface area (Å²) in [5.41, 5.74) is 1.33. The van der Waals surface area contributed by atoms with E-state index in [-0.39, 0.29) is 13.2 Å². The number of carboxylic acids is 2. The van der Waals surface area contributed by atoms with E-state index < -0.39 is 11.9 Å². The first-order chi connectivity index (χ1) is 14.4. The van der Waals surface area contributed by atoms with Crippen molar-refractivity contribution in [1.29, 1.82) is 0 Å². The third kappa shape index (κ3) is 6.90. The molecule has 8 nitrogen and oxygen atoms in total. The fraction of sp³-hybridized carbons (Fsp3) is 0.182. The summed E-state index contributed by atoms with van der Waals surface area (Å²) in [6.07, 6.45) is 5.00. The molecule has 2 N–H and O–H groups in total. The lowest BCUT2D eigenvalue weighted by atomic mass is 10.2. The second kappa shape index (κ2) is 11.2. The van der Waals surface area contributed by atoms with Crippen LogP contribution in [0.25, 0.3) is 12.2 Å². The van der Waals surface area contributed by atoms with Gasteiger partial charge in [0, 0.05) is 12.2 Å². The molecule has 8 heteroatoms. The minimum atomic E-state index is -1.03. The van der Waals surface area contributed by atoms with Crippen LogP contribution in [0.5, 0.6) is 23.0 Å². The van der Waals surface area contributed by atoms with E-state index in [0.717, 1.165) is 12.2 Å². The van der Waals surface area contributed by atoms with Gasteiger partial charge in [0.25, 0.3) is 0 Å². The molecule has 2 aromatic rings. The molecule has 0 amide bonds. The predicted octanol–water partition coefficient (Wildman–Crippen LogP) is 3.36. The molecule has 0 saturated heterocycles. The Balaban J connectivity index is 1.96. The number of carboxylic acid groups (broad SMARTS) is 2. The third-order valence-electron chi connectivity index (χ3n) is 3.81. The van der Waals surface area contributed by atoms with Crippen LogP contribution in [0.1, 0.15) is 11.1 Å². The van der Waals surface area contributed by atoms with Crippen molar-refractivity contribution in [2.24, 2.45) is 0 Å². The van der Waals surface area contributed by atoms with E-state index in [4.69, 9.17) is 29.2 Å². The highest BCUT2D eigenvalue weighted by atomic mass is 16.5. The van der Waals surface area contributed by atoms with E-state index >= 15 is 0 Å². The van der Waals surface area contributed by atoms with E-state index in [1.54, 1.807) is 36.4 Å². The zero-order valence-corrected chi connectivity index (χ0v) is 16.5. The molecule has 0 atom stereocenters. The van der Waals surface area contributed by atoms with Crippen LogP contribution < -0.4 is 18.9 Å². The minimum Gasteiger partial charge on any atom is -0.493 e. The molecule has 0 unspecified atom stereocenters. The summed E-state index contributed by atoms with van der Waals surface area (Å²) in [6, 6.07) is 10.1. The summed E-state index contributed by atoms with van der Waals surface area (Å²) in [5.74, 6) is -0.144. The molecule has 2 rings (SSSR count). The first-order valence-corrected chi connectivity index (χ1v) is 8.86. The number of ether oxygens (including phenoxy) is 4. The van der Waals surface area contributed by atoms with Crippen LogP contribution >= 0.6 is 0 Å². The molecule has 0 aliphatic carbocycles. The van der Waals surface area contributed by atoms with Crippen molar-refractivity contribution in [2.75, 3.05) is 27.4 Å². The molecule has 0 heterocycles. The highest BCUT2D eigenvalue weighted by Crippen LogP contribution is 2.30. The van der Waals surface area contributed by atoms with E-state index in [0.29, 0.717) is 34.1 Å². The topological polar surface area (TPSA) is 112 Å². The number of carbonyl (C=O) groups is 2. The van der Waals surface area contributed by atoms with Crippen molar-refractivity contribution < 1.29 is 38.7 Å². The maximum absolute atomic E-state index is 10.6. The summed E-state index contributed by atoms with van der Waals surface area (Å²) in [5, 5.41) is 17.4. The second-order valence-corrected chi connectivity index (χ2v) is 5.86. The van der Waals surface area contributed by atoms with Gasteiger partial charge in [-0.15, -0.1) is 0 Å². The van der Waals surface area contributed by atoms with Gasteiger partial charge < -0.3 is 29.2 Å². The number of rotatable bonds is 11. The van der Waals surface area contributed by atoms with Crippen LogP contribution in [0.15, 0.2) is 48.6 Å². The minimum absolute atomic E-state index is 0.227. The van der Waals surface area contributed by atoms with Gasteiger partial charge >= 0.3 is 11.9 Å². The molecule has 0 saturated carbocycles. The molecule has 2 aromatic carbocycles. The van der Waals surface area contributed by atoms with Crippen molar-refractivity contribution in [3.05, 3.63) is 59.7 Å². The predicted molar refractivity (Wildman–Crippen MR) is 110 cm³/mol. The van der Waals surface area contributed by atoms with Crippen LogP contribution in [0.4, 0.5) is 0 Å². The zero-order chi connectivity index (χ0) is 21.9. The number of benzene rings is 2. The van der Waals surface area contributed by atoms with Crippen LogP contribution in [-0.2, 0) is 9.59 Å². The Labute approximate surface area is 173 Å². The highest BCUT2D eigenvalue weighted by Gasteiger charge is 2.08. The Hall–Kier alpha value is -3.94. The van der Waals surface area contributed by atoms with Crippen LogP contribution in [-0.4, -0.2) is 49.6 Å². The Morgan fingerprint density at radius 3 is 1.47 bits per heavy atom. The molecule has 0 aliphatic rings. The van der Waals surface area contributed by atoms with Crippen molar-refractivity contribution in [3.8, 4) is 23.0 Å². The maximum atomic E-state index is 10.6. The summed E-state index contributed by atoms with van der Waals surface area (Å²) in [6.45, 7) is 0.453. The lowest BCUT2D eigenvalue weighted by Crippen LogP contribution is -2.10. The van der Waals surface area contributed by atoms with E-state index in [1.165, 1.54) is 26.4 Å². The lowest BCUT2D eigenvalue weighted by molar-refractivity contribution is -0.132. The normalized spacial score (nSPS) is 10.9. The number of methoxy groups -OCH3 is 2. The summed E-state index contributed by atoms with van der Waals surface area (Å²) >= 11 is 0. The number of hydrogen-bond donors (Lipinski definition) is 2. The summed E-state index contributed by atoms with van der Waals surface area (Å²) in [4.78, 5) is 21.2. The van der Waals surface area contributed by atoms with Crippen molar-refractivity contribution in [1.82, 2.24) is 0 Å². The molecule has 0 aromatic heterocycles. The summed E-state index contributed by atoms with van der Waals surface area (Å²) in [7, 11) is 2.99. The maximum Gasteiger partial charge on any atom is 0.328 e. The Morgan fingerprint density at radius 2 is 1.13 bits per heavy atom. The van der Waals surface area contributed by atoms with Gasteiger partial charge in [0.05, 0.1) is 14.2 Å². The van der Waals surface area contributed by atoms with Gasteiger partial charge in [0.15, 0.2) is 23.0 Å². The largest absolute Gasteiger partial charge is 0.493 e. The van der Waals surface area contributed by atoms with E-state index in [9.17, 15) is 9.59 Å². The van der Waals surface area contributed by atoms with Crippen LogP contribution in [0.3, 0.4) is 0 Å². The number of aliphatic carboxylic acids is 2. The number of hydrogen-bond acceptors (Lipinski definition) is 6. The molecular formula is C22H22O8. The molecule has 0 bridgehead atoms. The van der Waals surface area contributed by atoms with Gasteiger partial charge in [-0.3, -0.25) is 0 Å². The molecule has 0 radical (unpaired) electrons. The second-order valence-electron chi connectivity index (χ2n) is 5.86. The molecule has 158 valence electrons. The SMILES string of the molecule is COc1cc(/C=C/C(=O)O)ccc1OCCOc1ccc(/C=C/C(=O)O)cc1OC. The Kier molecular flexibility index (Phi) is 8.31. The lowest BCUT2D eigenvalue weighted by Gasteiger charge is -2.14. The van der Waals surface area contributed by atoms with Crippen LogP contribution in [0, 0.1) is 0 Å². The standard InChI is InChI=1S/C22H22O8/c1-27-19-13-15(5-9-21(23)24)3-7-17(19)29-11-12-30-18-8-4-16(6-10-22(25)26)14-20(18)28-2/h3-10,13-14H,11-12H2,1-2H3,(H,23,24)(H,25,26)/b9-5+,10-6+. The molecule has 0 aliphatic heterocycles. The molecule has 0 spiro atoms. The van der Waals surface area contributed by atoms with Gasteiger partial charge in [0.1, 0.15) is 13.2 Å². The quantitative estimate of drug-likeness (QED) is 0.425. The van der Waals surface area contributed by atoms with Crippen molar-refractivity contribution in [2.45, 2.75) is 0 Å². The monoisotopic (exact) mass is 414 g/mol. The fourth-order valence-corrected chi connectivity index (χ4v) is 2.45. The van der Waals surface area contributed by atoms with Crippen molar-refractivity contribution >= 4 is 24.1 Å². The summed E-state index contributed by atoms with van der Waals surface area (Å²) < 4.78 is 21.9. The Morgan fingerprint density at radius 1 is 0.733 bits per heavy atom. The van der Waals surface area contributed by atoms with E-state index in [2.05, 4.69) is 0 Å². The van der Waals surface area contributed by atoms with E-state index in [1.807, 2.05) is 0 Å². The highest BCUT2D eigenvalue weighted by molar-refractivity contribution is 5.86. The first kappa shape index (κ1) is 22.4. The average Bonchev–Trinajstić information content (AvgIpc) is 2.74. The van der Waals surface area contributed by atoms with Crippen molar-refractivity contribution in [3.63, 3.8) is 0 Å². The zero-order valence-electron chi connectivity index (χ0n) is 16.5. The molecular weight excluding hydrogens is 392 g/mol. The van der Waals surface area contributed by atoms with Gasteiger partial charge in [-0.1, -0.05) is 12.1 Å². The molecule has 30 heavy (non-hydrogen) atoms. The molecule has 0 fully saturated rings. The van der Waals surface area contributed by atoms with Gasteiger partial charge in [-0.25, -0.2) is 9.59 Å². The first-order valence-electron chi connectivity index (χ1n) is 8.86. The Bertz CT molecular complexity index is 869. The van der Waals surface area contributed by atoms with Gasteiger partial charge in [0.2, 0.25) is 0 Å². The van der Waals surface area contributed by atoms with Gasteiger partial charge in [-0.2, -0.15) is 0 Å². The average molecular weight is 414 g/mol. The fourth-order valence-electron chi connectivity index (χ4n) is 2.45.